The lowest BCUT2D eigenvalue weighted by molar-refractivity contribution is -0.514. The zero-order chi connectivity index (χ0) is 17.5. The lowest BCUT2D eigenvalue weighted by Gasteiger charge is -2.42. The van der Waals surface area contributed by atoms with Crippen LogP contribution in [0.3, 0.4) is 0 Å². The number of aliphatic carboxylic acids is 1. The molecule has 0 fully saturated rings. The van der Waals surface area contributed by atoms with E-state index in [1.54, 1.807) is 0 Å². The maximum Gasteiger partial charge on any atom is 0.435 e. The van der Waals surface area contributed by atoms with Gasteiger partial charge in [0.05, 0.1) is 0 Å². The highest BCUT2D eigenvalue weighted by Gasteiger charge is 2.94. The Kier molecular flexibility index (Phi) is 4.78. The van der Waals surface area contributed by atoms with Crippen molar-refractivity contribution >= 4 is 5.97 Å². The Morgan fingerprint density at radius 2 is 1.05 bits per heavy atom. The number of rotatable bonds is 4. The third kappa shape index (κ3) is 2.37. The highest BCUT2D eigenvalue weighted by Crippen LogP contribution is 2.58. The largest absolute Gasteiger partial charge is 0.479 e. The highest BCUT2D eigenvalue weighted by atomic mass is 19.4. The van der Waals surface area contributed by atoms with Crippen LogP contribution in [0.25, 0.3) is 0 Å². The maximum atomic E-state index is 12.4. The lowest BCUT2D eigenvalue weighted by atomic mass is 9.80. The van der Waals surface area contributed by atoms with Gasteiger partial charge in [-0.1, -0.05) is 0 Å². The van der Waals surface area contributed by atoms with E-state index in [0.717, 1.165) is 0 Å². The van der Waals surface area contributed by atoms with Gasteiger partial charge in [0, 0.05) is 0 Å². The van der Waals surface area contributed by atoms with Crippen LogP contribution in [-0.2, 0) is 14.7 Å². The topological polar surface area (TPSA) is 55.8 Å². The molecule has 15 heteroatoms. The minimum Gasteiger partial charge on any atom is -0.479 e. The molecule has 0 heterocycles. The molecule has 0 aliphatic rings. The van der Waals surface area contributed by atoms with Gasteiger partial charge < -0.3 is 5.11 Å². The number of alkyl halides is 9. The monoisotopic (exact) mass is 346 g/mol. The molecule has 0 saturated heterocycles. The van der Waals surface area contributed by atoms with Crippen LogP contribution >= 0.6 is 0 Å². The summed E-state index contributed by atoms with van der Waals surface area (Å²) in [6, 6.07) is 0. The Labute approximate surface area is 105 Å². The first kappa shape index (κ1) is 19.6. The zero-order valence-electron chi connectivity index (χ0n) is 8.83. The quantitative estimate of drug-likeness (QED) is 0.795. The Hall–Kier alpha value is -1.38. The second-order valence-corrected chi connectivity index (χ2v) is 3.32. The summed E-state index contributed by atoms with van der Waals surface area (Å²) in [5, 5.41) is 8.02. The van der Waals surface area contributed by atoms with Gasteiger partial charge in [-0.05, 0) is 9.05 Å². The number of carboxylic acid groups (broad SMARTS) is 1. The fourth-order valence-electron chi connectivity index (χ4n) is 1.30. The van der Waals surface area contributed by atoms with Crippen molar-refractivity contribution in [3.05, 3.63) is 0 Å². The van der Waals surface area contributed by atoms with Crippen LogP contribution in [-0.4, -0.2) is 40.8 Å². The average molecular weight is 346 g/mol. The molecule has 1 atom stereocenters. The van der Waals surface area contributed by atoms with E-state index in [9.17, 15) is 53.4 Å². The molecule has 0 aromatic heterocycles. The van der Waals surface area contributed by atoms with Crippen LogP contribution in [0.2, 0.25) is 0 Å². The number of hydrogen-bond acceptors (Lipinski definition) is 3. The molecule has 0 aliphatic carbocycles. The number of carbonyl (C=O) groups is 1. The van der Waals surface area contributed by atoms with E-state index in [1.165, 1.54) is 9.88 Å². The van der Waals surface area contributed by atoms with E-state index < -0.39 is 35.7 Å². The van der Waals surface area contributed by atoms with Gasteiger partial charge in [-0.25, -0.2) is 4.79 Å². The van der Waals surface area contributed by atoms with E-state index in [0.29, 0.717) is 0 Å². The third-order valence-corrected chi connectivity index (χ3v) is 2.23. The highest BCUT2D eigenvalue weighted by molar-refractivity contribution is 5.81. The molecule has 21 heavy (non-hydrogen) atoms. The van der Waals surface area contributed by atoms with Crippen LogP contribution in [0, 0.1) is 0 Å². The van der Waals surface area contributed by atoms with Gasteiger partial charge in [0.15, 0.2) is 0 Å². The molecule has 0 radical (unpaired) electrons. The molecule has 0 saturated carbocycles. The van der Waals surface area contributed by atoms with Gasteiger partial charge in [0.1, 0.15) is 0 Å². The van der Waals surface area contributed by atoms with E-state index in [1.807, 2.05) is 0 Å². The Bertz CT molecular complexity index is 381. The van der Waals surface area contributed by atoms with Crippen molar-refractivity contribution in [2.75, 3.05) is 0 Å². The normalized spacial score (nSPS) is 17.5. The first-order chi connectivity index (χ1) is 9.06. The Morgan fingerprint density at radius 3 is 1.10 bits per heavy atom. The van der Waals surface area contributed by atoms with Crippen LogP contribution in [0.4, 0.5) is 48.6 Å². The van der Waals surface area contributed by atoms with E-state index >= 15 is 0 Å². The van der Waals surface area contributed by atoms with Crippen molar-refractivity contribution < 1.29 is 68.3 Å². The molecule has 126 valence electrons. The number of halogens is 11. The number of carboxylic acids is 1. The predicted octanol–water partition coefficient (Wildman–Crippen LogP) is 3.04. The average Bonchev–Trinajstić information content (AvgIpc) is 2.18. The van der Waals surface area contributed by atoms with Crippen molar-refractivity contribution in [2.45, 2.75) is 29.7 Å². The van der Waals surface area contributed by atoms with Gasteiger partial charge in [-0.2, -0.15) is 49.4 Å². The second kappa shape index (κ2) is 5.11. The molecule has 0 aliphatic heterocycles. The minimum absolute atomic E-state index is 1.30. The summed E-state index contributed by atoms with van der Waals surface area (Å²) in [6.45, 7) is 0. The molecule has 0 rings (SSSR count). The molecule has 0 amide bonds. The zero-order valence-corrected chi connectivity index (χ0v) is 8.83. The SMILES string of the molecule is O=C(O)C(OF)(C(F)(F)F)C(OF)(C(F)(F)F)C(F)(F)F. The molecule has 1 N–H and O–H groups in total. The van der Waals surface area contributed by atoms with Crippen molar-refractivity contribution in [1.82, 2.24) is 0 Å². The lowest BCUT2D eigenvalue weighted by Crippen LogP contribution is -2.79. The van der Waals surface area contributed by atoms with Gasteiger partial charge in [-0.3, -0.25) is 0 Å². The minimum atomic E-state index is -7.42. The van der Waals surface area contributed by atoms with Crippen molar-refractivity contribution in [3.8, 4) is 0 Å². The van der Waals surface area contributed by atoms with Crippen LogP contribution in [0.5, 0.6) is 0 Å². The Morgan fingerprint density at radius 1 is 0.714 bits per heavy atom. The van der Waals surface area contributed by atoms with Crippen molar-refractivity contribution in [3.63, 3.8) is 0 Å². The van der Waals surface area contributed by atoms with Crippen molar-refractivity contribution in [2.24, 2.45) is 0 Å². The van der Waals surface area contributed by atoms with Crippen LogP contribution in [0.1, 0.15) is 0 Å². The van der Waals surface area contributed by atoms with Gasteiger partial charge in [0.25, 0.3) is 0 Å². The maximum absolute atomic E-state index is 12.4. The third-order valence-electron chi connectivity index (χ3n) is 2.23. The van der Waals surface area contributed by atoms with E-state index in [-0.39, 0.29) is 0 Å². The smallest absolute Gasteiger partial charge is 0.435 e. The van der Waals surface area contributed by atoms with Gasteiger partial charge >= 0.3 is 35.7 Å². The summed E-state index contributed by atoms with van der Waals surface area (Å²) < 4.78 is 135. The first-order valence-corrected chi connectivity index (χ1v) is 4.10. The summed E-state index contributed by atoms with van der Waals surface area (Å²) >= 11 is 0. The fraction of sp³-hybridized carbons (Fsp3) is 0.833. The standard InChI is InChI=1S/C6HF11O4/c7-4(8,9)2(20-16,1(18)19)3(21-17,5(10,11)12)6(13,14)15/h(H,18,19). The molecule has 0 aromatic carbocycles. The summed E-state index contributed by atoms with van der Waals surface area (Å²) in [7, 11) is 0. The van der Waals surface area contributed by atoms with Gasteiger partial charge in [0.2, 0.25) is 0 Å². The predicted molar refractivity (Wildman–Crippen MR) is 35.6 cm³/mol. The van der Waals surface area contributed by atoms with Crippen LogP contribution < -0.4 is 0 Å². The van der Waals surface area contributed by atoms with Crippen LogP contribution in [0.15, 0.2) is 0 Å². The Balaban J connectivity index is 6.98. The van der Waals surface area contributed by atoms with Crippen molar-refractivity contribution in [1.29, 1.82) is 0 Å². The molecule has 1 unspecified atom stereocenters. The summed E-state index contributed by atoms with van der Waals surface area (Å²) in [5.41, 5.74) is -14.0. The molecular formula is C6HF11O4. The van der Waals surface area contributed by atoms with E-state index in [4.69, 9.17) is 5.11 Å². The first-order valence-electron chi connectivity index (χ1n) is 4.10. The molecule has 4 nitrogen and oxygen atoms in total. The van der Waals surface area contributed by atoms with E-state index in [2.05, 4.69) is 0 Å². The second-order valence-electron chi connectivity index (χ2n) is 3.32. The molecule has 0 bridgehead atoms. The van der Waals surface area contributed by atoms with Gasteiger partial charge in [-0.15, -0.1) is 0 Å². The number of hydrogen-bond donors (Lipinski definition) is 1. The molecular weight excluding hydrogens is 345 g/mol. The summed E-state index contributed by atoms with van der Waals surface area (Å²) in [5.74, 6) is -4.18. The summed E-state index contributed by atoms with van der Waals surface area (Å²) in [6.07, 6.45) is -22.1. The molecule has 0 aromatic rings. The fourth-order valence-corrected chi connectivity index (χ4v) is 1.30. The summed E-state index contributed by atoms with van der Waals surface area (Å²) in [4.78, 5) is 13.0. The molecule has 0 spiro atoms.